The van der Waals surface area contributed by atoms with Crippen LogP contribution in [0.5, 0.6) is 0 Å². The number of alkyl halides is 3. The van der Waals surface area contributed by atoms with E-state index in [-0.39, 0.29) is 12.8 Å². The summed E-state index contributed by atoms with van der Waals surface area (Å²) in [4.78, 5) is 0. The smallest absolute Gasteiger partial charge is 0.216 e. The number of halogens is 4. The van der Waals surface area contributed by atoms with E-state index >= 15 is 0 Å². The molecule has 0 bridgehead atoms. The first-order chi connectivity index (χ1) is 4.06. The Morgan fingerprint density at radius 2 is 1.78 bits per heavy atom. The summed E-state index contributed by atoms with van der Waals surface area (Å²) in [7, 11) is 0. The summed E-state index contributed by atoms with van der Waals surface area (Å²) < 4.78 is 44.7. The van der Waals surface area contributed by atoms with E-state index in [9.17, 15) is 17.6 Å². The van der Waals surface area contributed by atoms with Crippen LogP contribution in [-0.2, 0) is 0 Å². The Labute approximate surface area is 50.2 Å². The Bertz CT molecular complexity index is 91.6. The number of hydrogen-bond donors (Lipinski definition) is 0. The zero-order valence-corrected chi connectivity index (χ0v) is 4.58. The maximum atomic E-state index is 11.2. The van der Waals surface area contributed by atoms with Crippen LogP contribution in [0.1, 0.15) is 12.8 Å². The molecule has 0 rings (SSSR count). The quantitative estimate of drug-likeness (QED) is 0.520. The van der Waals surface area contributed by atoms with Crippen molar-refractivity contribution in [1.29, 1.82) is 0 Å². The summed E-state index contributed by atoms with van der Waals surface area (Å²) in [5, 5.41) is 0. The van der Waals surface area contributed by atoms with Crippen LogP contribution in [0, 0.1) is 0 Å². The van der Waals surface area contributed by atoms with Gasteiger partial charge in [-0.05, 0) is 6.42 Å². The highest BCUT2D eigenvalue weighted by molar-refractivity contribution is 4.73. The molecule has 0 N–H and O–H groups in total. The van der Waals surface area contributed by atoms with Crippen molar-refractivity contribution < 1.29 is 17.6 Å². The minimum absolute atomic E-state index is 0.117. The number of allylic oxidation sites excluding steroid dienone is 1. The van der Waals surface area contributed by atoms with Gasteiger partial charge in [0.1, 0.15) is 0 Å². The maximum Gasteiger partial charge on any atom is 0.389 e. The molecule has 9 heavy (non-hydrogen) atoms. The second-order valence-corrected chi connectivity index (χ2v) is 1.52. The van der Waals surface area contributed by atoms with Crippen LogP contribution in [0.3, 0.4) is 0 Å². The van der Waals surface area contributed by atoms with Crippen LogP contribution < -0.4 is 0 Å². The zero-order chi connectivity index (χ0) is 7.33. The Morgan fingerprint density at radius 3 is 2.11 bits per heavy atom. The van der Waals surface area contributed by atoms with Gasteiger partial charge in [0.2, 0.25) is 0 Å². The van der Waals surface area contributed by atoms with Gasteiger partial charge in [-0.1, -0.05) is 6.08 Å². The molecule has 0 saturated carbocycles. The van der Waals surface area contributed by atoms with Gasteiger partial charge in [-0.25, -0.2) is 4.39 Å². The van der Waals surface area contributed by atoms with Gasteiger partial charge in [-0.15, -0.1) is 0 Å². The van der Waals surface area contributed by atoms with Gasteiger partial charge < -0.3 is 0 Å². The number of rotatable bonds is 2. The van der Waals surface area contributed by atoms with Gasteiger partial charge in [-0.2, -0.15) is 13.2 Å². The highest BCUT2D eigenvalue weighted by Gasteiger charge is 2.25. The van der Waals surface area contributed by atoms with Crippen LogP contribution >= 0.6 is 0 Å². The van der Waals surface area contributed by atoms with Gasteiger partial charge in [0.05, 0.1) is 6.33 Å². The molecule has 0 saturated heterocycles. The fourth-order valence-electron chi connectivity index (χ4n) is 0.310. The summed E-state index contributed by atoms with van der Waals surface area (Å²) in [5.74, 6) is 0. The zero-order valence-electron chi connectivity index (χ0n) is 4.58. The van der Waals surface area contributed by atoms with Crippen LogP contribution in [0.25, 0.3) is 0 Å². The molecule has 0 aromatic rings. The predicted octanol–water partition coefficient (Wildman–Crippen LogP) is 2.81. The SMILES string of the molecule is F/C=C/CCC(F)(F)F. The molecule has 0 heterocycles. The molecule has 0 aromatic carbocycles. The average Bonchev–Trinajstić information content (AvgIpc) is 1.63. The molecule has 0 aromatic heterocycles. The van der Waals surface area contributed by atoms with E-state index in [1.54, 1.807) is 0 Å². The maximum absolute atomic E-state index is 11.2. The summed E-state index contributed by atoms with van der Waals surface area (Å²) >= 11 is 0. The van der Waals surface area contributed by atoms with Crippen molar-refractivity contribution in [2.24, 2.45) is 0 Å². The minimum Gasteiger partial charge on any atom is -0.216 e. The Hall–Kier alpha value is -0.540. The molecule has 54 valence electrons. The first-order valence-corrected chi connectivity index (χ1v) is 2.38. The van der Waals surface area contributed by atoms with E-state index in [1.165, 1.54) is 0 Å². The summed E-state index contributed by atoms with van der Waals surface area (Å²) in [6.07, 6.45) is -4.44. The van der Waals surface area contributed by atoms with E-state index in [4.69, 9.17) is 0 Å². The fraction of sp³-hybridized carbons (Fsp3) is 0.600. The summed E-state index contributed by atoms with van der Waals surface area (Å²) in [5.41, 5.74) is 0. The topological polar surface area (TPSA) is 0 Å². The first kappa shape index (κ1) is 8.46. The lowest BCUT2D eigenvalue weighted by atomic mass is 10.3. The standard InChI is InChI=1S/C5H6F4/c6-4-2-1-3-5(7,8)9/h2,4H,1,3H2/b4-2+. The van der Waals surface area contributed by atoms with Gasteiger partial charge in [-0.3, -0.25) is 0 Å². The largest absolute Gasteiger partial charge is 0.389 e. The summed E-state index contributed by atoms with van der Waals surface area (Å²) in [6.45, 7) is 0. The van der Waals surface area contributed by atoms with E-state index < -0.39 is 12.6 Å². The highest BCUT2D eigenvalue weighted by atomic mass is 19.4. The van der Waals surface area contributed by atoms with Gasteiger partial charge >= 0.3 is 6.18 Å². The third-order valence-electron chi connectivity index (χ3n) is 0.684. The van der Waals surface area contributed by atoms with Crippen LogP contribution in [0.4, 0.5) is 17.6 Å². The minimum atomic E-state index is -4.17. The molecule has 4 heteroatoms. The van der Waals surface area contributed by atoms with Crippen molar-refractivity contribution in [2.45, 2.75) is 19.0 Å². The third-order valence-corrected chi connectivity index (χ3v) is 0.684. The van der Waals surface area contributed by atoms with Crippen molar-refractivity contribution >= 4 is 0 Å². The van der Waals surface area contributed by atoms with E-state index in [1.807, 2.05) is 0 Å². The average molecular weight is 142 g/mol. The van der Waals surface area contributed by atoms with E-state index in [2.05, 4.69) is 0 Å². The monoisotopic (exact) mass is 142 g/mol. The van der Waals surface area contributed by atoms with Crippen molar-refractivity contribution in [3.05, 3.63) is 12.4 Å². The molecule has 0 amide bonds. The fourth-order valence-corrected chi connectivity index (χ4v) is 0.310. The van der Waals surface area contributed by atoms with Crippen molar-refractivity contribution in [3.8, 4) is 0 Å². The Morgan fingerprint density at radius 1 is 1.22 bits per heavy atom. The molecule has 0 unspecified atom stereocenters. The van der Waals surface area contributed by atoms with Crippen LogP contribution in [0.15, 0.2) is 12.4 Å². The first-order valence-electron chi connectivity index (χ1n) is 2.38. The second kappa shape index (κ2) is 3.48. The normalized spacial score (nSPS) is 12.9. The molecule has 0 aliphatic heterocycles. The molecule has 0 radical (unpaired) electrons. The molecule has 0 atom stereocenters. The van der Waals surface area contributed by atoms with Crippen molar-refractivity contribution in [3.63, 3.8) is 0 Å². The van der Waals surface area contributed by atoms with Crippen molar-refractivity contribution in [1.82, 2.24) is 0 Å². The molecule has 0 spiro atoms. The number of hydrogen-bond acceptors (Lipinski definition) is 0. The van der Waals surface area contributed by atoms with Gasteiger partial charge in [0.15, 0.2) is 0 Å². The van der Waals surface area contributed by atoms with E-state index in [0.29, 0.717) is 0 Å². The molecular formula is C5H6F4. The Kier molecular flexibility index (Phi) is 3.27. The molecule has 0 aliphatic carbocycles. The lowest BCUT2D eigenvalue weighted by molar-refractivity contribution is -0.133. The lowest BCUT2D eigenvalue weighted by Crippen LogP contribution is -2.05. The molecular weight excluding hydrogens is 136 g/mol. The van der Waals surface area contributed by atoms with Crippen molar-refractivity contribution in [2.75, 3.05) is 0 Å². The highest BCUT2D eigenvalue weighted by Crippen LogP contribution is 2.21. The lowest BCUT2D eigenvalue weighted by Gasteiger charge is -2.00. The molecule has 0 aliphatic rings. The van der Waals surface area contributed by atoms with E-state index in [0.717, 1.165) is 6.08 Å². The second-order valence-electron chi connectivity index (χ2n) is 1.52. The molecule has 0 nitrogen and oxygen atoms in total. The Balaban J connectivity index is 3.28. The van der Waals surface area contributed by atoms with Gasteiger partial charge in [0, 0.05) is 6.42 Å². The van der Waals surface area contributed by atoms with Crippen LogP contribution in [-0.4, -0.2) is 6.18 Å². The third kappa shape index (κ3) is 7.46. The van der Waals surface area contributed by atoms with Gasteiger partial charge in [0.25, 0.3) is 0 Å². The predicted molar refractivity (Wildman–Crippen MR) is 25.5 cm³/mol. The summed E-state index contributed by atoms with van der Waals surface area (Å²) in [6, 6.07) is 0. The molecule has 0 fully saturated rings. The van der Waals surface area contributed by atoms with Crippen LogP contribution in [0.2, 0.25) is 0 Å².